The van der Waals surface area contributed by atoms with E-state index >= 15 is 0 Å². The van der Waals surface area contributed by atoms with Gasteiger partial charge in [0.15, 0.2) is 11.5 Å². The molecule has 0 fully saturated rings. The van der Waals surface area contributed by atoms with Gasteiger partial charge in [0, 0.05) is 12.6 Å². The van der Waals surface area contributed by atoms with E-state index in [9.17, 15) is 15.0 Å². The van der Waals surface area contributed by atoms with Crippen molar-refractivity contribution in [2.24, 2.45) is 0 Å². The van der Waals surface area contributed by atoms with E-state index in [2.05, 4.69) is 72.8 Å². The number of unbranched alkanes of at least 4 members (excludes halogenated alkanes) is 12. The number of rotatable bonds is 23. The van der Waals surface area contributed by atoms with Gasteiger partial charge in [-0.1, -0.05) is 145 Å². The monoisotopic (exact) mass is 680 g/mol. The van der Waals surface area contributed by atoms with Crippen LogP contribution in [0.1, 0.15) is 168 Å². The van der Waals surface area contributed by atoms with E-state index in [1.54, 1.807) is 18.2 Å². The lowest BCUT2D eigenvalue weighted by Gasteiger charge is -2.28. The molecule has 0 bridgehead atoms. The lowest BCUT2D eigenvalue weighted by atomic mass is 9.78. The Morgan fingerprint density at radius 1 is 0.653 bits per heavy atom. The van der Waals surface area contributed by atoms with Crippen molar-refractivity contribution >= 4 is 12.0 Å². The molecule has 0 heterocycles. The highest BCUT2D eigenvalue weighted by Crippen LogP contribution is 2.40. The van der Waals surface area contributed by atoms with E-state index in [4.69, 9.17) is 9.47 Å². The fraction of sp³-hybridized carbons (Fsp3) is 0.651. The van der Waals surface area contributed by atoms with Gasteiger partial charge in [-0.25, -0.2) is 0 Å². The van der Waals surface area contributed by atoms with Crippen LogP contribution < -0.4 is 14.8 Å². The number of phenolic OH excluding ortho intramolecular Hbond substituents is 2. The summed E-state index contributed by atoms with van der Waals surface area (Å²) >= 11 is 0. The Hall–Kier alpha value is -3.15. The van der Waals surface area contributed by atoms with E-state index in [0.29, 0.717) is 43.4 Å². The Morgan fingerprint density at radius 3 is 1.51 bits per heavy atom. The van der Waals surface area contributed by atoms with Gasteiger partial charge in [-0.2, -0.15) is 0 Å². The van der Waals surface area contributed by atoms with Gasteiger partial charge in [0.2, 0.25) is 11.7 Å². The molecule has 6 heteroatoms. The molecule has 0 spiro atoms. The number of carbonyl (C=O) groups excluding carboxylic acids is 1. The molecule has 0 aliphatic carbocycles. The summed E-state index contributed by atoms with van der Waals surface area (Å²) in [5.74, 6) is 0.960. The molecule has 2 aromatic rings. The lowest BCUT2D eigenvalue weighted by Crippen LogP contribution is -2.24. The number of hydrogen-bond donors (Lipinski definition) is 3. The largest absolute Gasteiger partial charge is 0.507 e. The Morgan fingerprint density at radius 2 is 1.08 bits per heavy atom. The number of amides is 1. The van der Waals surface area contributed by atoms with Crippen molar-refractivity contribution in [1.82, 2.24) is 5.32 Å². The molecule has 2 aromatic carbocycles. The molecule has 6 nitrogen and oxygen atoms in total. The van der Waals surface area contributed by atoms with Crippen LogP contribution in [0.15, 0.2) is 30.3 Å². The Kier molecular flexibility index (Phi) is 18.7. The van der Waals surface area contributed by atoms with Gasteiger partial charge in [0.05, 0.1) is 13.2 Å². The zero-order valence-corrected chi connectivity index (χ0v) is 32.3. The molecule has 0 atom stereocenters. The topological polar surface area (TPSA) is 88.0 Å². The highest BCUT2D eigenvalue weighted by Gasteiger charge is 2.26. The minimum atomic E-state index is -0.205. The van der Waals surface area contributed by atoms with Gasteiger partial charge in [-0.15, -0.1) is 0 Å². The van der Waals surface area contributed by atoms with E-state index < -0.39 is 0 Å². The first-order valence-electron chi connectivity index (χ1n) is 19.2. The number of ether oxygens (including phenoxy) is 2. The third-order valence-electron chi connectivity index (χ3n) is 9.00. The van der Waals surface area contributed by atoms with Crippen LogP contribution in [0.3, 0.4) is 0 Å². The Bertz CT molecular complexity index is 1210. The first kappa shape index (κ1) is 42.0. The number of aromatic hydroxyl groups is 2. The Balaban J connectivity index is 2.06. The van der Waals surface area contributed by atoms with Crippen LogP contribution in [0.25, 0.3) is 6.08 Å². The summed E-state index contributed by atoms with van der Waals surface area (Å²) in [5.41, 5.74) is 3.25. The molecule has 0 aliphatic rings. The van der Waals surface area contributed by atoms with E-state index in [0.717, 1.165) is 47.9 Å². The second-order valence-corrected chi connectivity index (χ2v) is 15.7. The summed E-state index contributed by atoms with van der Waals surface area (Å²) < 4.78 is 12.1. The molecule has 3 N–H and O–H groups in total. The summed E-state index contributed by atoms with van der Waals surface area (Å²) in [6.45, 7) is 18.6. The zero-order valence-electron chi connectivity index (χ0n) is 32.3. The number of hydrogen-bond acceptors (Lipinski definition) is 5. The number of nitrogens with one attached hydrogen (secondary N) is 1. The van der Waals surface area contributed by atoms with Crippen molar-refractivity contribution < 1.29 is 24.5 Å². The summed E-state index contributed by atoms with van der Waals surface area (Å²) in [6.07, 6.45) is 20.5. The standard InChI is InChI=1S/C43H69NO5/c1-9-11-13-15-17-19-21-27-48-37-31-33(32-38(41(37)47)49-28-22-20-18-16-14-12-10-2)23-24-39(45)44-26-25-34-29-35(42(3,4)5)40(46)36(30-34)43(6,7)8/h23-24,29-32,46-47H,9-22,25-28H2,1-8H3,(H,44,45). The van der Waals surface area contributed by atoms with Gasteiger partial charge < -0.3 is 25.0 Å². The van der Waals surface area contributed by atoms with E-state index in [1.165, 1.54) is 70.3 Å². The molecule has 49 heavy (non-hydrogen) atoms. The van der Waals surface area contributed by atoms with Crippen molar-refractivity contribution in [1.29, 1.82) is 0 Å². The van der Waals surface area contributed by atoms with Gasteiger partial charge in [0.1, 0.15) is 5.75 Å². The molecule has 276 valence electrons. The third-order valence-corrected chi connectivity index (χ3v) is 9.00. The highest BCUT2D eigenvalue weighted by atomic mass is 16.5. The maximum atomic E-state index is 12.9. The zero-order chi connectivity index (χ0) is 36.3. The fourth-order valence-corrected chi connectivity index (χ4v) is 5.94. The average Bonchev–Trinajstić information content (AvgIpc) is 3.03. The van der Waals surface area contributed by atoms with Gasteiger partial charge >= 0.3 is 0 Å². The number of phenols is 2. The molecule has 0 unspecified atom stereocenters. The minimum Gasteiger partial charge on any atom is -0.507 e. The second kappa shape index (κ2) is 21.8. The predicted molar refractivity (Wildman–Crippen MR) is 206 cm³/mol. The molecular weight excluding hydrogens is 610 g/mol. The first-order chi connectivity index (χ1) is 23.3. The van der Waals surface area contributed by atoms with Gasteiger partial charge in [-0.05, 0) is 70.6 Å². The highest BCUT2D eigenvalue weighted by molar-refractivity contribution is 5.91. The molecule has 0 aliphatic heterocycles. The summed E-state index contributed by atoms with van der Waals surface area (Å²) in [4.78, 5) is 12.9. The maximum Gasteiger partial charge on any atom is 0.244 e. The smallest absolute Gasteiger partial charge is 0.244 e. The van der Waals surface area contributed by atoms with Crippen molar-refractivity contribution in [3.63, 3.8) is 0 Å². The van der Waals surface area contributed by atoms with Crippen LogP contribution in [-0.4, -0.2) is 35.9 Å². The predicted octanol–water partition coefficient (Wildman–Crippen LogP) is 11.3. The molecule has 0 saturated carbocycles. The van der Waals surface area contributed by atoms with Crippen LogP contribution >= 0.6 is 0 Å². The normalized spacial score (nSPS) is 12.1. The van der Waals surface area contributed by atoms with Crippen LogP contribution in [0, 0.1) is 0 Å². The third kappa shape index (κ3) is 16.0. The van der Waals surface area contributed by atoms with Crippen LogP contribution in [0.2, 0.25) is 0 Å². The SMILES string of the molecule is CCCCCCCCCOc1cc(C=CC(=O)NCCc2cc(C(C)(C)C)c(O)c(C(C)(C)C)c2)cc(OCCCCCCCCC)c1O. The molecule has 0 saturated heterocycles. The van der Waals surface area contributed by atoms with Crippen molar-refractivity contribution in [2.75, 3.05) is 19.8 Å². The van der Waals surface area contributed by atoms with Crippen molar-refractivity contribution in [3.8, 4) is 23.0 Å². The molecule has 0 aromatic heterocycles. The Labute approximate surface area is 299 Å². The van der Waals surface area contributed by atoms with Crippen LogP contribution in [0.4, 0.5) is 0 Å². The quantitative estimate of drug-likeness (QED) is 0.0803. The summed E-state index contributed by atoms with van der Waals surface area (Å²) in [6, 6.07) is 7.68. The van der Waals surface area contributed by atoms with Gasteiger partial charge in [-0.3, -0.25) is 4.79 Å². The molecule has 2 rings (SSSR count). The van der Waals surface area contributed by atoms with E-state index in [1.807, 2.05) is 0 Å². The van der Waals surface area contributed by atoms with Gasteiger partial charge in [0.25, 0.3) is 0 Å². The van der Waals surface area contributed by atoms with E-state index in [-0.39, 0.29) is 22.5 Å². The summed E-state index contributed by atoms with van der Waals surface area (Å²) in [7, 11) is 0. The molecule has 0 radical (unpaired) electrons. The van der Waals surface area contributed by atoms with Crippen LogP contribution in [0.5, 0.6) is 23.0 Å². The molecular formula is C43H69NO5. The average molecular weight is 680 g/mol. The second-order valence-electron chi connectivity index (χ2n) is 15.7. The van der Waals surface area contributed by atoms with Crippen molar-refractivity contribution in [2.45, 2.75) is 163 Å². The van der Waals surface area contributed by atoms with Crippen molar-refractivity contribution in [3.05, 3.63) is 52.6 Å². The number of benzene rings is 2. The number of carbonyl (C=O) groups is 1. The summed E-state index contributed by atoms with van der Waals surface area (Å²) in [5, 5.41) is 25.0. The fourth-order valence-electron chi connectivity index (χ4n) is 5.94. The first-order valence-corrected chi connectivity index (χ1v) is 19.2. The lowest BCUT2D eigenvalue weighted by molar-refractivity contribution is -0.116. The van der Waals surface area contributed by atoms with Crippen LogP contribution in [-0.2, 0) is 22.0 Å². The maximum absolute atomic E-state index is 12.9. The molecule has 1 amide bonds. The minimum absolute atomic E-state index is 0.0191.